The number of aromatic nitrogens is 3. The molecule has 7 aromatic carbocycles. The van der Waals surface area contributed by atoms with Gasteiger partial charge in [0.05, 0.1) is 9.79 Å². The van der Waals surface area contributed by atoms with Crippen LogP contribution in [0.5, 0.6) is 0 Å². The molecule has 4 saturated carbocycles. The molecule has 4 fully saturated rings. The first-order valence-electron chi connectivity index (χ1n) is 21.2. The van der Waals surface area contributed by atoms with E-state index < -0.39 is 9.84 Å². The van der Waals surface area contributed by atoms with Crippen LogP contribution in [0.15, 0.2) is 166 Å². The van der Waals surface area contributed by atoms with Crippen LogP contribution in [0.3, 0.4) is 0 Å². The number of furan rings is 1. The molecule has 1 aliphatic heterocycles. The molecule has 290 valence electrons. The zero-order valence-corrected chi connectivity index (χ0v) is 33.6. The van der Waals surface area contributed by atoms with E-state index in [-0.39, 0.29) is 5.41 Å². The molecular weight excluding hydrogens is 759 g/mol. The van der Waals surface area contributed by atoms with Crippen molar-refractivity contribution in [1.82, 2.24) is 15.0 Å². The van der Waals surface area contributed by atoms with E-state index in [0.717, 1.165) is 83.5 Å². The van der Waals surface area contributed by atoms with Gasteiger partial charge in [-0.15, -0.1) is 0 Å². The van der Waals surface area contributed by atoms with E-state index in [4.69, 9.17) is 19.4 Å². The minimum Gasteiger partial charge on any atom is -0.456 e. The molecule has 6 nitrogen and oxygen atoms in total. The van der Waals surface area contributed by atoms with Gasteiger partial charge >= 0.3 is 0 Å². The van der Waals surface area contributed by atoms with Gasteiger partial charge in [0.15, 0.2) is 17.5 Å². The van der Waals surface area contributed by atoms with Crippen molar-refractivity contribution < 1.29 is 12.8 Å². The first-order valence-corrected chi connectivity index (χ1v) is 22.7. The van der Waals surface area contributed by atoms with Crippen LogP contribution in [-0.2, 0) is 15.3 Å². The number of para-hydroxylation sites is 1. The molecule has 0 radical (unpaired) electrons. The van der Waals surface area contributed by atoms with Crippen molar-refractivity contribution in [3.8, 4) is 45.3 Å². The van der Waals surface area contributed by atoms with Crippen molar-refractivity contribution in [2.45, 2.75) is 47.3 Å². The number of hydrogen-bond acceptors (Lipinski definition) is 6. The quantitative estimate of drug-likeness (QED) is 0.176. The van der Waals surface area contributed by atoms with E-state index in [2.05, 4.69) is 72.8 Å². The highest BCUT2D eigenvalue weighted by Gasteiger charge is 2.62. The predicted molar refractivity (Wildman–Crippen MR) is 236 cm³/mol. The third-order valence-electron chi connectivity index (χ3n) is 14.5. The van der Waals surface area contributed by atoms with Gasteiger partial charge in [0, 0.05) is 32.9 Å². The van der Waals surface area contributed by atoms with E-state index in [1.807, 2.05) is 78.9 Å². The molecule has 1 spiro atoms. The van der Waals surface area contributed by atoms with Crippen LogP contribution >= 0.6 is 0 Å². The number of nitrogens with zero attached hydrogens (tertiary/aromatic N) is 3. The maximum Gasteiger partial charge on any atom is 0.207 e. The standard InChI is InChI=1S/C53H39N3O3S/c57-60(58)48-13-7-5-11-44(48)53(40-23-31-22-32(25-40)26-41(53)24-31)45-29-37(19-21-49(45)60)35-14-15-36-28-38(17-16-34(36)27-35)51-54-50(33-8-2-1-3-9-33)55-52(56-51)39-18-20-43-42-10-4-6-12-46(42)59-47(43)30-39/h1-21,27-32,40-41H,22-26H2. The van der Waals surface area contributed by atoms with Gasteiger partial charge in [0.1, 0.15) is 11.2 Å². The Morgan fingerprint density at radius 3 is 1.77 bits per heavy atom. The van der Waals surface area contributed by atoms with Crippen molar-refractivity contribution in [3.05, 3.63) is 163 Å². The van der Waals surface area contributed by atoms with E-state index in [1.165, 1.54) is 32.1 Å². The summed E-state index contributed by atoms with van der Waals surface area (Å²) in [5, 5.41) is 4.29. The summed E-state index contributed by atoms with van der Waals surface area (Å²) < 4.78 is 35.0. The lowest BCUT2D eigenvalue weighted by Crippen LogP contribution is -2.57. The van der Waals surface area contributed by atoms with Crippen LogP contribution in [-0.4, -0.2) is 23.4 Å². The molecule has 4 bridgehead atoms. The second-order valence-electron chi connectivity index (χ2n) is 17.6. The van der Waals surface area contributed by atoms with Gasteiger partial charge in [-0.1, -0.05) is 103 Å². The van der Waals surface area contributed by atoms with Crippen LogP contribution < -0.4 is 0 Å². The fourth-order valence-electron chi connectivity index (χ4n) is 12.2. The Balaban J connectivity index is 0.908. The number of benzene rings is 7. The first kappa shape index (κ1) is 34.4. The summed E-state index contributed by atoms with van der Waals surface area (Å²) in [6.45, 7) is 0. The summed E-state index contributed by atoms with van der Waals surface area (Å²) in [4.78, 5) is 16.1. The van der Waals surface area contributed by atoms with Gasteiger partial charge in [-0.05, 0) is 137 Å². The Morgan fingerprint density at radius 1 is 0.450 bits per heavy atom. The minimum atomic E-state index is -3.65. The third-order valence-corrected chi connectivity index (χ3v) is 16.4. The maximum atomic E-state index is 14.4. The molecule has 60 heavy (non-hydrogen) atoms. The van der Waals surface area contributed by atoms with Gasteiger partial charge in [0.25, 0.3) is 0 Å². The molecule has 0 amide bonds. The van der Waals surface area contributed by atoms with Gasteiger partial charge in [-0.2, -0.15) is 0 Å². The number of hydrogen-bond donors (Lipinski definition) is 0. The highest BCUT2D eigenvalue weighted by atomic mass is 32.2. The van der Waals surface area contributed by atoms with Crippen LogP contribution in [0.1, 0.15) is 43.2 Å². The fourth-order valence-corrected chi connectivity index (χ4v) is 13.9. The van der Waals surface area contributed by atoms with Gasteiger partial charge in [0.2, 0.25) is 9.84 Å². The summed E-state index contributed by atoms with van der Waals surface area (Å²) >= 11 is 0. The first-order chi connectivity index (χ1) is 29.4. The minimum absolute atomic E-state index is 0.272. The summed E-state index contributed by atoms with van der Waals surface area (Å²) in [6.07, 6.45) is 6.10. The molecular formula is C53H39N3O3S. The Hall–Kier alpha value is -6.44. The third kappa shape index (κ3) is 4.93. The van der Waals surface area contributed by atoms with Crippen LogP contribution in [0.25, 0.3) is 78.0 Å². The SMILES string of the molecule is O=S1(=O)c2ccccc2C2(c3cc(-c4ccc5cc(-c6nc(-c7ccccc7)nc(-c7ccc8c(c7)oc7ccccc78)n6)ccc5c4)ccc31)C1CC3CC(C1)CC2C3. The van der Waals surface area contributed by atoms with Crippen molar-refractivity contribution in [2.75, 3.05) is 0 Å². The molecule has 3 heterocycles. The lowest BCUT2D eigenvalue weighted by Gasteiger charge is -2.63. The second-order valence-corrected chi connectivity index (χ2v) is 19.5. The van der Waals surface area contributed by atoms with E-state index in [1.54, 1.807) is 0 Å². The van der Waals surface area contributed by atoms with Crippen molar-refractivity contribution in [3.63, 3.8) is 0 Å². The average molecular weight is 798 g/mol. The highest BCUT2D eigenvalue weighted by molar-refractivity contribution is 7.91. The maximum absolute atomic E-state index is 14.4. The number of fused-ring (bicyclic) bond motifs is 6. The lowest BCUT2D eigenvalue weighted by atomic mass is 9.42. The van der Waals surface area contributed by atoms with Gasteiger partial charge in [-0.3, -0.25) is 0 Å². The van der Waals surface area contributed by atoms with Crippen LogP contribution in [0.4, 0.5) is 0 Å². The number of rotatable bonds is 4. The van der Waals surface area contributed by atoms with Gasteiger partial charge in [-0.25, -0.2) is 23.4 Å². The topological polar surface area (TPSA) is 86.0 Å². The Bertz CT molecular complexity index is 3340. The second kappa shape index (κ2) is 12.5. The normalized spacial score (nSPS) is 23.3. The molecule has 0 atom stereocenters. The van der Waals surface area contributed by atoms with Crippen molar-refractivity contribution in [2.24, 2.45) is 23.7 Å². The highest BCUT2D eigenvalue weighted by Crippen LogP contribution is 2.68. The summed E-state index contributed by atoms with van der Waals surface area (Å²) in [5.41, 5.74) is 8.22. The van der Waals surface area contributed by atoms with Crippen LogP contribution in [0.2, 0.25) is 0 Å². The molecule has 2 aromatic heterocycles. The lowest BCUT2D eigenvalue weighted by molar-refractivity contribution is -0.0446. The van der Waals surface area contributed by atoms with E-state index >= 15 is 0 Å². The average Bonchev–Trinajstić information content (AvgIpc) is 3.66. The van der Waals surface area contributed by atoms with E-state index in [0.29, 0.717) is 39.1 Å². The predicted octanol–water partition coefficient (Wildman–Crippen LogP) is 12.5. The molecule has 14 rings (SSSR count). The smallest absolute Gasteiger partial charge is 0.207 e. The largest absolute Gasteiger partial charge is 0.456 e. The molecule has 7 heteroatoms. The Kier molecular flexibility index (Phi) is 7.19. The Labute approximate surface area is 347 Å². The zero-order chi connectivity index (χ0) is 39.7. The monoisotopic (exact) mass is 797 g/mol. The van der Waals surface area contributed by atoms with E-state index in [9.17, 15) is 8.42 Å². The molecule has 4 aliphatic carbocycles. The number of sulfone groups is 1. The summed E-state index contributed by atoms with van der Waals surface area (Å²) in [5.74, 6) is 4.22. The van der Waals surface area contributed by atoms with Crippen LogP contribution in [0, 0.1) is 23.7 Å². The fraction of sp³-hybridized carbons (Fsp3) is 0.189. The summed E-state index contributed by atoms with van der Waals surface area (Å²) in [6, 6.07) is 51.3. The molecule has 0 unspecified atom stereocenters. The molecule has 0 saturated heterocycles. The van der Waals surface area contributed by atoms with Gasteiger partial charge < -0.3 is 4.42 Å². The zero-order valence-electron chi connectivity index (χ0n) is 32.8. The molecule has 5 aliphatic rings. The van der Waals surface area contributed by atoms with Crippen molar-refractivity contribution in [1.29, 1.82) is 0 Å². The molecule has 0 N–H and O–H groups in total. The Morgan fingerprint density at radius 2 is 1.00 bits per heavy atom. The summed E-state index contributed by atoms with van der Waals surface area (Å²) in [7, 11) is -3.65. The van der Waals surface area contributed by atoms with Crippen molar-refractivity contribution >= 4 is 42.5 Å². The molecule has 9 aromatic rings.